The number of hydrogen-bond acceptors (Lipinski definition) is 3. The fraction of sp³-hybridized carbons (Fsp3) is 0.312. The van der Waals surface area contributed by atoms with Crippen LogP contribution in [0.25, 0.3) is 0 Å². The summed E-state index contributed by atoms with van der Waals surface area (Å²) in [4.78, 5) is 4.19. The molecule has 0 saturated heterocycles. The van der Waals surface area contributed by atoms with Gasteiger partial charge in [-0.1, -0.05) is 25.1 Å². The van der Waals surface area contributed by atoms with E-state index in [-0.39, 0.29) is 11.9 Å². The lowest BCUT2D eigenvalue weighted by atomic mass is 10.1. The molecule has 1 aromatic carbocycles. The summed E-state index contributed by atoms with van der Waals surface area (Å²) in [5.41, 5.74) is 2.50. The van der Waals surface area contributed by atoms with Crippen LogP contribution in [-0.2, 0) is 0 Å². The smallest absolute Gasteiger partial charge is 0.128 e. The first-order valence-electron chi connectivity index (χ1n) is 6.90. The molecule has 0 fully saturated rings. The van der Waals surface area contributed by atoms with Crippen LogP contribution in [0, 0.1) is 5.82 Å². The van der Waals surface area contributed by atoms with Gasteiger partial charge in [-0.05, 0) is 25.5 Å². The summed E-state index contributed by atoms with van der Waals surface area (Å²) >= 11 is 0. The second kappa shape index (κ2) is 6.89. The average Bonchev–Trinajstić information content (AvgIpc) is 2.46. The topological polar surface area (TPSA) is 37.0 Å². The highest BCUT2D eigenvalue weighted by atomic mass is 19.1. The predicted molar refractivity (Wildman–Crippen MR) is 81.5 cm³/mol. The van der Waals surface area contributed by atoms with Crippen molar-refractivity contribution in [3.05, 3.63) is 54.1 Å². The Morgan fingerprint density at radius 1 is 1.20 bits per heavy atom. The zero-order valence-corrected chi connectivity index (χ0v) is 11.9. The van der Waals surface area contributed by atoms with E-state index in [1.165, 1.54) is 6.07 Å². The van der Waals surface area contributed by atoms with E-state index in [2.05, 4.69) is 22.5 Å². The Bertz CT molecular complexity index is 557. The van der Waals surface area contributed by atoms with Crippen LogP contribution in [0.4, 0.5) is 15.8 Å². The lowest BCUT2D eigenvalue weighted by molar-refractivity contribution is 0.600. The van der Waals surface area contributed by atoms with Crippen LogP contribution in [-0.4, -0.2) is 11.5 Å². The van der Waals surface area contributed by atoms with Crippen LogP contribution in [0.1, 0.15) is 31.9 Å². The number of aromatic nitrogens is 1. The van der Waals surface area contributed by atoms with Gasteiger partial charge >= 0.3 is 0 Å². The first kappa shape index (κ1) is 14.3. The van der Waals surface area contributed by atoms with Gasteiger partial charge < -0.3 is 10.6 Å². The molecule has 0 bridgehead atoms. The fourth-order valence-electron chi connectivity index (χ4n) is 2.04. The summed E-state index contributed by atoms with van der Waals surface area (Å²) in [5, 5.41) is 6.56. The lowest BCUT2D eigenvalue weighted by Gasteiger charge is -2.17. The van der Waals surface area contributed by atoms with Crippen LogP contribution < -0.4 is 10.6 Å². The van der Waals surface area contributed by atoms with Gasteiger partial charge in [0.15, 0.2) is 0 Å². The molecule has 0 spiro atoms. The molecule has 1 atom stereocenters. The molecule has 0 aliphatic heterocycles. The molecular formula is C16H20FN3. The zero-order chi connectivity index (χ0) is 14.4. The number of anilines is 2. The Morgan fingerprint density at radius 2 is 1.95 bits per heavy atom. The van der Waals surface area contributed by atoms with E-state index < -0.39 is 0 Å². The molecule has 1 heterocycles. The minimum atomic E-state index is -0.194. The first-order valence-corrected chi connectivity index (χ1v) is 6.90. The van der Waals surface area contributed by atoms with E-state index in [0.29, 0.717) is 5.56 Å². The van der Waals surface area contributed by atoms with E-state index in [1.54, 1.807) is 24.5 Å². The van der Waals surface area contributed by atoms with Gasteiger partial charge in [0.2, 0.25) is 0 Å². The van der Waals surface area contributed by atoms with Crippen LogP contribution in [0.15, 0.2) is 42.7 Å². The van der Waals surface area contributed by atoms with E-state index in [4.69, 9.17) is 0 Å². The standard InChI is InChI=1S/C16H20FN3/c1-3-8-19-13-9-14(11-18-10-13)20-12(2)15-6-4-5-7-16(15)17/h4-7,9-12,19-20H,3,8H2,1-2H3. The first-order chi connectivity index (χ1) is 9.70. The third kappa shape index (κ3) is 3.70. The highest BCUT2D eigenvalue weighted by Gasteiger charge is 2.10. The Kier molecular flexibility index (Phi) is 4.93. The van der Waals surface area contributed by atoms with Crippen molar-refractivity contribution in [1.82, 2.24) is 4.98 Å². The molecule has 1 aromatic heterocycles. The van der Waals surface area contributed by atoms with E-state index in [1.807, 2.05) is 19.1 Å². The molecule has 20 heavy (non-hydrogen) atoms. The molecule has 2 aromatic rings. The van der Waals surface area contributed by atoms with E-state index in [0.717, 1.165) is 24.3 Å². The molecule has 1 unspecified atom stereocenters. The maximum atomic E-state index is 13.7. The lowest BCUT2D eigenvalue weighted by Crippen LogP contribution is -2.09. The molecule has 2 N–H and O–H groups in total. The number of benzene rings is 1. The number of nitrogens with one attached hydrogen (secondary N) is 2. The maximum absolute atomic E-state index is 13.7. The summed E-state index contributed by atoms with van der Waals surface area (Å²) in [6.07, 6.45) is 4.59. The van der Waals surface area contributed by atoms with Gasteiger partial charge in [0.25, 0.3) is 0 Å². The summed E-state index contributed by atoms with van der Waals surface area (Å²) in [5.74, 6) is -0.194. The average molecular weight is 273 g/mol. The van der Waals surface area contributed by atoms with Crippen molar-refractivity contribution in [2.75, 3.05) is 17.2 Å². The minimum absolute atomic E-state index is 0.112. The normalized spacial score (nSPS) is 11.9. The molecule has 2 rings (SSSR count). The van der Waals surface area contributed by atoms with Crippen LogP contribution in [0.2, 0.25) is 0 Å². The second-order valence-electron chi connectivity index (χ2n) is 4.78. The van der Waals surface area contributed by atoms with Crippen molar-refractivity contribution >= 4 is 11.4 Å². The van der Waals surface area contributed by atoms with Crippen molar-refractivity contribution in [1.29, 1.82) is 0 Å². The molecule has 106 valence electrons. The highest BCUT2D eigenvalue weighted by molar-refractivity contribution is 5.54. The summed E-state index contributed by atoms with van der Waals surface area (Å²) < 4.78 is 13.7. The third-order valence-corrected chi connectivity index (χ3v) is 3.07. The second-order valence-corrected chi connectivity index (χ2v) is 4.78. The number of pyridine rings is 1. The fourth-order valence-corrected chi connectivity index (χ4v) is 2.04. The molecule has 4 heteroatoms. The zero-order valence-electron chi connectivity index (χ0n) is 11.9. The van der Waals surface area contributed by atoms with Crippen LogP contribution in [0.3, 0.4) is 0 Å². The van der Waals surface area contributed by atoms with Crippen molar-refractivity contribution in [2.45, 2.75) is 26.3 Å². The molecule has 0 saturated carbocycles. The van der Waals surface area contributed by atoms with Gasteiger partial charge in [-0.2, -0.15) is 0 Å². The Labute approximate surface area is 119 Å². The molecule has 0 aliphatic carbocycles. The van der Waals surface area contributed by atoms with Gasteiger partial charge in [-0.25, -0.2) is 4.39 Å². The third-order valence-electron chi connectivity index (χ3n) is 3.07. The molecule has 0 aliphatic rings. The molecule has 3 nitrogen and oxygen atoms in total. The van der Waals surface area contributed by atoms with Gasteiger partial charge in [-0.15, -0.1) is 0 Å². The Balaban J connectivity index is 2.08. The molecule has 0 amide bonds. The quantitative estimate of drug-likeness (QED) is 0.827. The summed E-state index contributed by atoms with van der Waals surface area (Å²) in [6.45, 7) is 4.96. The predicted octanol–water partition coefficient (Wildman–Crippen LogP) is 4.22. The maximum Gasteiger partial charge on any atom is 0.128 e. The van der Waals surface area contributed by atoms with Crippen molar-refractivity contribution in [2.24, 2.45) is 0 Å². The molecule has 0 radical (unpaired) electrons. The minimum Gasteiger partial charge on any atom is -0.384 e. The molecular weight excluding hydrogens is 253 g/mol. The van der Waals surface area contributed by atoms with E-state index in [9.17, 15) is 4.39 Å². The van der Waals surface area contributed by atoms with Crippen molar-refractivity contribution < 1.29 is 4.39 Å². The largest absolute Gasteiger partial charge is 0.384 e. The summed E-state index contributed by atoms with van der Waals surface area (Å²) in [6, 6.07) is 8.68. The Hall–Kier alpha value is -2.10. The number of hydrogen-bond donors (Lipinski definition) is 2. The SMILES string of the molecule is CCCNc1cncc(NC(C)c2ccccc2F)c1. The van der Waals surface area contributed by atoms with Crippen LogP contribution >= 0.6 is 0 Å². The van der Waals surface area contributed by atoms with Gasteiger partial charge in [0, 0.05) is 12.1 Å². The summed E-state index contributed by atoms with van der Waals surface area (Å²) in [7, 11) is 0. The number of nitrogens with zero attached hydrogens (tertiary/aromatic N) is 1. The monoisotopic (exact) mass is 273 g/mol. The van der Waals surface area contributed by atoms with Gasteiger partial charge in [0.05, 0.1) is 29.8 Å². The van der Waals surface area contributed by atoms with E-state index >= 15 is 0 Å². The Morgan fingerprint density at radius 3 is 2.70 bits per heavy atom. The van der Waals surface area contributed by atoms with Crippen molar-refractivity contribution in [3.63, 3.8) is 0 Å². The van der Waals surface area contributed by atoms with Crippen molar-refractivity contribution in [3.8, 4) is 0 Å². The number of rotatable bonds is 6. The van der Waals surface area contributed by atoms with Crippen LogP contribution in [0.5, 0.6) is 0 Å². The van der Waals surface area contributed by atoms with Gasteiger partial charge in [0.1, 0.15) is 5.82 Å². The van der Waals surface area contributed by atoms with Gasteiger partial charge in [-0.3, -0.25) is 4.98 Å². The number of halogens is 1. The highest BCUT2D eigenvalue weighted by Crippen LogP contribution is 2.22.